The minimum absolute atomic E-state index is 0.208. The van der Waals surface area contributed by atoms with E-state index in [0.717, 1.165) is 44.9 Å². The zero-order chi connectivity index (χ0) is 25.3. The number of nitrogens with zero attached hydrogens (tertiary/aromatic N) is 1. The van der Waals surface area contributed by atoms with Crippen LogP contribution in [0, 0.1) is 5.92 Å². The first-order valence-electron chi connectivity index (χ1n) is 12.9. The quantitative estimate of drug-likeness (QED) is 0.227. The van der Waals surface area contributed by atoms with Crippen molar-refractivity contribution in [3.05, 3.63) is 0 Å². The van der Waals surface area contributed by atoms with Crippen LogP contribution in [-0.4, -0.2) is 67.9 Å². The number of imide groups is 1. The van der Waals surface area contributed by atoms with Crippen molar-refractivity contribution in [2.45, 2.75) is 102 Å². The number of carbonyl (C=O) groups excluding carboxylic acids is 4. The third kappa shape index (κ3) is 12.5. The molecule has 0 aromatic heterocycles. The van der Waals surface area contributed by atoms with Gasteiger partial charge >= 0.3 is 5.97 Å². The molecule has 0 aromatic carbocycles. The minimum atomic E-state index is -0.646. The van der Waals surface area contributed by atoms with Crippen molar-refractivity contribution in [2.24, 2.45) is 11.7 Å². The Hall–Kier alpha value is -2.00. The number of hydrogen-bond acceptors (Lipinski definition) is 7. The van der Waals surface area contributed by atoms with Crippen molar-refractivity contribution in [1.29, 1.82) is 0 Å². The van der Waals surface area contributed by atoms with Gasteiger partial charge in [0.1, 0.15) is 0 Å². The van der Waals surface area contributed by atoms with Crippen LogP contribution in [0.1, 0.15) is 90.4 Å². The van der Waals surface area contributed by atoms with Gasteiger partial charge in [0.2, 0.25) is 17.7 Å². The van der Waals surface area contributed by atoms with Gasteiger partial charge < -0.3 is 15.8 Å². The van der Waals surface area contributed by atoms with E-state index >= 15 is 0 Å². The molecule has 3 amide bonds. The second-order valence-electron chi connectivity index (χ2n) is 9.50. The Bertz CT molecular complexity index is 637. The third-order valence-corrected chi connectivity index (χ3v) is 6.63. The molecule has 1 rings (SSSR count). The second-order valence-corrected chi connectivity index (χ2v) is 9.50. The van der Waals surface area contributed by atoms with Crippen LogP contribution in [0.5, 0.6) is 0 Å². The van der Waals surface area contributed by atoms with E-state index in [1.165, 1.54) is 26.4 Å². The van der Waals surface area contributed by atoms with Crippen molar-refractivity contribution < 1.29 is 23.9 Å². The van der Waals surface area contributed by atoms with Crippen molar-refractivity contribution >= 4 is 23.7 Å². The maximum absolute atomic E-state index is 13.0. The number of methoxy groups -OCH3 is 1. The molecule has 0 aliphatic heterocycles. The Morgan fingerprint density at radius 3 is 2.38 bits per heavy atom. The molecule has 9 heteroatoms. The lowest BCUT2D eigenvalue weighted by molar-refractivity contribution is -0.140. The van der Waals surface area contributed by atoms with Gasteiger partial charge in [-0.3, -0.25) is 29.4 Å². The number of carbonyl (C=O) groups is 4. The number of rotatable bonds is 16. The lowest BCUT2D eigenvalue weighted by atomic mass is 9.84. The summed E-state index contributed by atoms with van der Waals surface area (Å²) in [4.78, 5) is 50.7. The van der Waals surface area contributed by atoms with E-state index < -0.39 is 18.0 Å². The lowest BCUT2D eigenvalue weighted by Gasteiger charge is -2.31. The molecule has 0 saturated heterocycles. The lowest BCUT2D eigenvalue weighted by Crippen LogP contribution is -2.51. The van der Waals surface area contributed by atoms with E-state index in [9.17, 15) is 19.2 Å². The van der Waals surface area contributed by atoms with Crippen molar-refractivity contribution in [2.75, 3.05) is 27.2 Å². The summed E-state index contributed by atoms with van der Waals surface area (Å²) in [5, 5.41) is 5.00. The number of nitrogens with two attached hydrogens (primary N) is 1. The fraction of sp³-hybridized carbons (Fsp3) is 0.840. The van der Waals surface area contributed by atoms with E-state index in [1.807, 2.05) is 18.9 Å². The summed E-state index contributed by atoms with van der Waals surface area (Å²) >= 11 is 0. The van der Waals surface area contributed by atoms with Gasteiger partial charge in [-0.2, -0.15) is 0 Å². The Morgan fingerprint density at radius 2 is 1.74 bits per heavy atom. The highest BCUT2D eigenvalue weighted by molar-refractivity contribution is 5.99. The third-order valence-electron chi connectivity index (χ3n) is 6.63. The summed E-state index contributed by atoms with van der Waals surface area (Å²) < 4.78 is 4.67. The zero-order valence-electron chi connectivity index (χ0n) is 21.4. The van der Waals surface area contributed by atoms with Crippen LogP contribution < -0.4 is 16.4 Å². The normalized spacial score (nSPS) is 16.0. The fourth-order valence-corrected chi connectivity index (χ4v) is 4.41. The number of amides is 3. The number of esters is 1. The Labute approximate surface area is 204 Å². The van der Waals surface area contributed by atoms with E-state index in [0.29, 0.717) is 31.7 Å². The number of hydrogen-bond donors (Lipinski definition) is 3. The molecule has 2 atom stereocenters. The van der Waals surface area contributed by atoms with Gasteiger partial charge in [-0.05, 0) is 45.2 Å². The van der Waals surface area contributed by atoms with Crippen LogP contribution in [0.3, 0.4) is 0 Å². The van der Waals surface area contributed by atoms with Crippen molar-refractivity contribution in [3.63, 3.8) is 0 Å². The highest BCUT2D eigenvalue weighted by Crippen LogP contribution is 2.28. The van der Waals surface area contributed by atoms with Gasteiger partial charge in [-0.25, -0.2) is 0 Å². The molecule has 196 valence electrons. The molecular weight excluding hydrogens is 436 g/mol. The summed E-state index contributed by atoms with van der Waals surface area (Å²) in [7, 11) is 3.30. The second kappa shape index (κ2) is 17.4. The highest BCUT2D eigenvalue weighted by atomic mass is 16.5. The molecule has 0 aromatic rings. The van der Waals surface area contributed by atoms with E-state index in [1.54, 1.807) is 0 Å². The average Bonchev–Trinajstić information content (AvgIpc) is 2.84. The molecule has 1 aliphatic carbocycles. The van der Waals surface area contributed by atoms with Crippen LogP contribution in [-0.2, 0) is 23.9 Å². The smallest absolute Gasteiger partial charge is 0.305 e. The monoisotopic (exact) mass is 482 g/mol. The maximum Gasteiger partial charge on any atom is 0.305 e. The summed E-state index contributed by atoms with van der Waals surface area (Å²) in [6.45, 7) is 2.45. The van der Waals surface area contributed by atoms with Crippen LogP contribution in [0.4, 0.5) is 0 Å². The number of ether oxygens (including phenoxy) is 1. The predicted octanol–water partition coefficient (Wildman–Crippen LogP) is 2.27. The molecular formula is C25H46N4O5. The number of unbranched alkanes of at least 4 members (excludes halogenated alkanes) is 3. The highest BCUT2D eigenvalue weighted by Gasteiger charge is 2.28. The summed E-state index contributed by atoms with van der Waals surface area (Å²) in [6, 6.07) is -1.05. The molecule has 0 spiro atoms. The first-order valence-corrected chi connectivity index (χ1v) is 12.9. The SMILES string of the molecule is CCCC[C@@H](N)C(=O)NCC(=O)NC(=O)[C@H](CC1CCCCC1)N(C)CCCCCC(=O)OC. The molecule has 9 nitrogen and oxygen atoms in total. The first-order chi connectivity index (χ1) is 16.3. The van der Waals surface area contributed by atoms with Crippen molar-refractivity contribution in [3.8, 4) is 0 Å². The van der Waals surface area contributed by atoms with E-state index in [4.69, 9.17) is 5.73 Å². The van der Waals surface area contributed by atoms with Gasteiger partial charge in [-0.1, -0.05) is 58.3 Å². The largest absolute Gasteiger partial charge is 0.469 e. The van der Waals surface area contributed by atoms with Gasteiger partial charge in [0, 0.05) is 6.42 Å². The Balaban J connectivity index is 2.57. The van der Waals surface area contributed by atoms with Gasteiger partial charge in [0.25, 0.3) is 0 Å². The number of nitrogens with one attached hydrogen (secondary N) is 2. The van der Waals surface area contributed by atoms with Gasteiger partial charge in [0.05, 0.1) is 25.7 Å². The molecule has 0 bridgehead atoms. The Morgan fingerprint density at radius 1 is 1.03 bits per heavy atom. The number of likely N-dealkylation sites (N-methyl/N-ethyl adjacent to an activating group) is 1. The zero-order valence-corrected chi connectivity index (χ0v) is 21.4. The van der Waals surface area contributed by atoms with Crippen molar-refractivity contribution in [1.82, 2.24) is 15.5 Å². The molecule has 0 radical (unpaired) electrons. The molecule has 1 fully saturated rings. The fourth-order valence-electron chi connectivity index (χ4n) is 4.41. The molecule has 1 saturated carbocycles. The van der Waals surface area contributed by atoms with E-state index in [2.05, 4.69) is 15.4 Å². The summed E-state index contributed by atoms with van der Waals surface area (Å²) in [5.41, 5.74) is 5.83. The predicted molar refractivity (Wildman–Crippen MR) is 132 cm³/mol. The summed E-state index contributed by atoms with van der Waals surface area (Å²) in [6.07, 6.45) is 11.7. The van der Waals surface area contributed by atoms with E-state index in [-0.39, 0.29) is 24.3 Å². The van der Waals surface area contributed by atoms with Gasteiger partial charge in [-0.15, -0.1) is 0 Å². The molecule has 4 N–H and O–H groups in total. The summed E-state index contributed by atoms with van der Waals surface area (Å²) in [5.74, 6) is -0.963. The topological polar surface area (TPSA) is 131 Å². The Kier molecular flexibility index (Phi) is 15.4. The minimum Gasteiger partial charge on any atom is -0.469 e. The van der Waals surface area contributed by atoms with Crippen LogP contribution in [0.25, 0.3) is 0 Å². The standard InChI is InChI=1S/C25H46N4O5/c1-4-5-14-20(26)24(32)27-18-22(30)28-25(33)21(17-19-12-8-6-9-13-19)29(2)16-11-7-10-15-23(31)34-3/h19-21H,4-18,26H2,1-3H3,(H,27,32)(H,28,30,33)/t20-,21+/m1/s1. The average molecular weight is 483 g/mol. The first kappa shape index (κ1) is 30.0. The molecule has 34 heavy (non-hydrogen) atoms. The van der Waals surface area contributed by atoms with Crippen LogP contribution >= 0.6 is 0 Å². The van der Waals surface area contributed by atoms with Crippen LogP contribution in [0.2, 0.25) is 0 Å². The van der Waals surface area contributed by atoms with Crippen LogP contribution in [0.15, 0.2) is 0 Å². The maximum atomic E-state index is 13.0. The molecule has 0 heterocycles. The van der Waals surface area contributed by atoms with Gasteiger partial charge in [0.15, 0.2) is 0 Å². The molecule has 1 aliphatic rings. The molecule has 0 unspecified atom stereocenters.